The molecule has 364 valence electrons. The van der Waals surface area contributed by atoms with Crippen LogP contribution in [0.2, 0.25) is 0 Å². The second kappa shape index (κ2) is 20.1. The van der Waals surface area contributed by atoms with Crippen LogP contribution in [0.4, 0.5) is 0 Å². The SMILES string of the molecule is O=C(C=Cc1ccc(O)c(O)c1)O[C@@H]1[C@@H](O[C@@H]2[C@@H](Oc3c(-c4ccc(O)c(O)c4)oc4cc(O[C@H]5O[C@@H](CO)[C@H](O)[C@H](O)[C@@H]5O)cc(O)c4c3=O)O[C@@H](CO)[C@H](O)[C@@H]2O)O[C@@H](CO)[C@H](O)[C@@H]1O. The number of phenols is 5. The lowest BCUT2D eigenvalue weighted by atomic mass is 9.97. The van der Waals surface area contributed by atoms with Gasteiger partial charge in [-0.3, -0.25) is 4.79 Å². The van der Waals surface area contributed by atoms with Gasteiger partial charge in [-0.1, -0.05) is 6.07 Å². The van der Waals surface area contributed by atoms with Gasteiger partial charge in [-0.05, 0) is 42.0 Å². The van der Waals surface area contributed by atoms with Gasteiger partial charge in [-0.15, -0.1) is 0 Å². The molecule has 4 aromatic rings. The first-order valence-corrected chi connectivity index (χ1v) is 20.2. The number of carbonyl (C=O) groups is 1. The number of hydrogen-bond acceptors (Lipinski definition) is 25. The highest BCUT2D eigenvalue weighted by atomic mass is 16.8. The predicted octanol–water partition coefficient (Wildman–Crippen LogP) is -3.57. The molecule has 4 heterocycles. The minimum atomic E-state index is -2.17. The molecule has 3 fully saturated rings. The number of esters is 1. The van der Waals surface area contributed by atoms with Crippen LogP contribution in [0.25, 0.3) is 28.4 Å². The highest BCUT2D eigenvalue weighted by Gasteiger charge is 2.53. The van der Waals surface area contributed by atoms with Crippen LogP contribution < -0.4 is 14.9 Å². The summed E-state index contributed by atoms with van der Waals surface area (Å²) in [7, 11) is 0. The van der Waals surface area contributed by atoms with Crippen LogP contribution in [0.3, 0.4) is 0 Å². The number of aromatic hydroxyl groups is 5. The molecule has 15 atom stereocenters. The molecule has 0 unspecified atom stereocenters. The Morgan fingerprint density at radius 3 is 1.76 bits per heavy atom. The third-order valence-corrected chi connectivity index (χ3v) is 11.1. The number of phenolic OH excluding ortho intramolecular Hbond substituents is 5. The lowest BCUT2D eigenvalue weighted by Crippen LogP contribution is -2.65. The molecule has 25 nitrogen and oxygen atoms in total. The van der Waals surface area contributed by atoms with E-state index in [1.54, 1.807) is 0 Å². The van der Waals surface area contributed by atoms with E-state index in [4.69, 9.17) is 37.6 Å². The second-order valence-corrected chi connectivity index (χ2v) is 15.5. The summed E-state index contributed by atoms with van der Waals surface area (Å²) in [5.74, 6) is -6.30. The van der Waals surface area contributed by atoms with Crippen molar-refractivity contribution in [1.82, 2.24) is 0 Å². The summed E-state index contributed by atoms with van der Waals surface area (Å²) < 4.78 is 45.7. The lowest BCUT2D eigenvalue weighted by molar-refractivity contribution is -0.358. The Morgan fingerprint density at radius 1 is 0.582 bits per heavy atom. The third kappa shape index (κ3) is 9.91. The van der Waals surface area contributed by atoms with E-state index in [9.17, 15) is 86.2 Å². The molecule has 3 aliphatic heterocycles. The largest absolute Gasteiger partial charge is 0.507 e. The number of aliphatic hydroxyl groups excluding tert-OH is 10. The zero-order chi connectivity index (χ0) is 48.6. The highest BCUT2D eigenvalue weighted by molar-refractivity contribution is 5.89. The number of benzene rings is 3. The maximum atomic E-state index is 14.5. The van der Waals surface area contributed by atoms with Crippen molar-refractivity contribution in [3.8, 4) is 51.6 Å². The maximum Gasteiger partial charge on any atom is 0.331 e. The third-order valence-electron chi connectivity index (χ3n) is 11.1. The van der Waals surface area contributed by atoms with Gasteiger partial charge in [0.1, 0.15) is 83.5 Å². The van der Waals surface area contributed by atoms with Crippen molar-refractivity contribution in [3.63, 3.8) is 0 Å². The standard InChI is InChI=1S/C42H46O25/c43-11-23-28(52)32(56)35(59)40(62-23)60-16-9-21(50)27-22(10-16)61-36(15-3-5-18(47)20(49)8-15)37(31(27)55)66-42-39(34(58)30(54)25(13-45)64-42)67-41-38(33(57)29(53)24(12-44)63-41)65-26(51)6-2-14-1-4-17(46)19(48)7-14/h1-10,23-25,28-30,32-35,38-50,52-54,56-59H,11-13H2/t23-,24-,25-,28-,29-,30-,32-,33-,34-,35-,38-,39-,40-,41+,42+/m0/s1. The summed E-state index contributed by atoms with van der Waals surface area (Å²) in [5, 5.41) is 155. The Morgan fingerprint density at radius 2 is 1.15 bits per heavy atom. The molecular weight excluding hydrogens is 904 g/mol. The molecular formula is C42H46O25. The van der Waals surface area contributed by atoms with Crippen molar-refractivity contribution in [2.45, 2.75) is 92.1 Å². The fraction of sp³-hybridized carbons (Fsp3) is 0.429. The Labute approximate surface area is 375 Å². The number of hydrogen-bond donors (Lipinski definition) is 15. The van der Waals surface area contributed by atoms with Gasteiger partial charge in [0, 0.05) is 23.8 Å². The fourth-order valence-corrected chi connectivity index (χ4v) is 7.43. The van der Waals surface area contributed by atoms with Crippen LogP contribution in [0, 0.1) is 0 Å². The van der Waals surface area contributed by atoms with E-state index in [-0.39, 0.29) is 16.9 Å². The van der Waals surface area contributed by atoms with E-state index in [2.05, 4.69) is 0 Å². The zero-order valence-electron chi connectivity index (χ0n) is 34.3. The van der Waals surface area contributed by atoms with Crippen LogP contribution in [0.15, 0.2) is 63.8 Å². The van der Waals surface area contributed by atoms with E-state index >= 15 is 0 Å². The van der Waals surface area contributed by atoms with Gasteiger partial charge in [-0.25, -0.2) is 4.79 Å². The molecule has 0 aliphatic carbocycles. The van der Waals surface area contributed by atoms with Crippen molar-refractivity contribution >= 4 is 23.0 Å². The average Bonchev–Trinajstić information content (AvgIpc) is 3.30. The summed E-state index contributed by atoms with van der Waals surface area (Å²) in [6.07, 6.45) is -26.5. The second-order valence-electron chi connectivity index (χ2n) is 15.5. The summed E-state index contributed by atoms with van der Waals surface area (Å²) in [5.41, 5.74) is -1.72. The van der Waals surface area contributed by atoms with Crippen molar-refractivity contribution in [1.29, 1.82) is 0 Å². The van der Waals surface area contributed by atoms with Gasteiger partial charge in [0.25, 0.3) is 0 Å². The van der Waals surface area contributed by atoms with Gasteiger partial charge in [0.05, 0.1) is 19.8 Å². The first kappa shape index (κ1) is 49.0. The quantitative estimate of drug-likeness (QED) is 0.0350. The minimum Gasteiger partial charge on any atom is -0.507 e. The minimum absolute atomic E-state index is 0.200. The van der Waals surface area contributed by atoms with E-state index in [0.717, 1.165) is 54.6 Å². The molecule has 67 heavy (non-hydrogen) atoms. The van der Waals surface area contributed by atoms with Crippen molar-refractivity contribution in [3.05, 3.63) is 70.4 Å². The predicted molar refractivity (Wildman–Crippen MR) is 217 cm³/mol. The molecule has 15 N–H and O–H groups in total. The molecule has 0 spiro atoms. The van der Waals surface area contributed by atoms with Crippen LogP contribution >= 0.6 is 0 Å². The summed E-state index contributed by atoms with van der Waals surface area (Å²) in [4.78, 5) is 27.6. The summed E-state index contributed by atoms with van der Waals surface area (Å²) in [6, 6.07) is 8.46. The van der Waals surface area contributed by atoms with Crippen LogP contribution in [-0.4, -0.2) is 195 Å². The monoisotopic (exact) mass is 950 g/mol. The summed E-state index contributed by atoms with van der Waals surface area (Å²) >= 11 is 0. The molecule has 1 aromatic heterocycles. The Kier molecular flexibility index (Phi) is 14.7. The van der Waals surface area contributed by atoms with Crippen LogP contribution in [0.1, 0.15) is 5.56 Å². The van der Waals surface area contributed by atoms with Gasteiger partial charge >= 0.3 is 5.97 Å². The maximum absolute atomic E-state index is 14.5. The van der Waals surface area contributed by atoms with Crippen molar-refractivity contribution in [2.75, 3.05) is 19.8 Å². The molecule has 3 saturated heterocycles. The molecule has 25 heteroatoms. The van der Waals surface area contributed by atoms with Gasteiger partial charge < -0.3 is 114 Å². The first-order chi connectivity index (χ1) is 31.8. The van der Waals surface area contributed by atoms with Gasteiger partial charge in [0.2, 0.25) is 23.8 Å². The van der Waals surface area contributed by atoms with E-state index in [1.165, 1.54) is 6.07 Å². The number of aliphatic hydroxyl groups is 10. The number of ether oxygens (including phenoxy) is 7. The first-order valence-electron chi connectivity index (χ1n) is 20.2. The van der Waals surface area contributed by atoms with Crippen molar-refractivity contribution < 1.29 is 119 Å². The number of rotatable bonds is 13. The lowest BCUT2D eigenvalue weighted by Gasteiger charge is -2.46. The molecule has 0 bridgehead atoms. The van der Waals surface area contributed by atoms with Gasteiger partial charge in [-0.2, -0.15) is 0 Å². The summed E-state index contributed by atoms with van der Waals surface area (Å²) in [6.45, 7) is -2.75. The van der Waals surface area contributed by atoms with E-state index in [0.29, 0.717) is 0 Å². The Hall–Kier alpha value is -5.88. The number of carbonyl (C=O) groups excluding carboxylic acids is 1. The van der Waals surface area contributed by atoms with Crippen molar-refractivity contribution in [2.24, 2.45) is 0 Å². The Balaban J connectivity index is 1.26. The topological polar surface area (TPSA) is 415 Å². The van der Waals surface area contributed by atoms with Crippen LogP contribution in [0.5, 0.6) is 40.2 Å². The van der Waals surface area contributed by atoms with E-state index < -0.39 is 175 Å². The normalized spacial score (nSPS) is 32.3. The zero-order valence-corrected chi connectivity index (χ0v) is 34.3. The smallest absolute Gasteiger partial charge is 0.331 e. The molecule has 0 amide bonds. The average molecular weight is 951 g/mol. The molecule has 3 aromatic carbocycles. The fourth-order valence-electron chi connectivity index (χ4n) is 7.43. The highest BCUT2D eigenvalue weighted by Crippen LogP contribution is 2.41. The van der Waals surface area contributed by atoms with Gasteiger partial charge in [0.15, 0.2) is 47.3 Å². The Bertz CT molecular complexity index is 2490. The molecule has 0 saturated carbocycles. The molecule has 0 radical (unpaired) electrons. The van der Waals surface area contributed by atoms with Crippen LogP contribution in [-0.2, 0) is 28.5 Å². The van der Waals surface area contributed by atoms with E-state index in [1.807, 2.05) is 0 Å². The molecule has 3 aliphatic rings. The number of fused-ring (bicyclic) bond motifs is 1. The molecule has 7 rings (SSSR count).